The van der Waals surface area contributed by atoms with Crippen LogP contribution in [-0.2, 0) is 4.79 Å². The first-order valence-corrected chi connectivity index (χ1v) is 7.12. The molecule has 0 saturated heterocycles. The van der Waals surface area contributed by atoms with Crippen molar-refractivity contribution in [2.24, 2.45) is 5.92 Å². The summed E-state index contributed by atoms with van der Waals surface area (Å²) in [5.41, 5.74) is 0. The van der Waals surface area contributed by atoms with Gasteiger partial charge in [0.25, 0.3) is 0 Å². The average Bonchev–Trinajstić information content (AvgIpc) is 2.77. The molecule has 0 heterocycles. The van der Waals surface area contributed by atoms with Crippen molar-refractivity contribution in [1.29, 1.82) is 0 Å². The Balaban J connectivity index is 2.07. The standard InChI is InChI=1S/C14H28N2O/c1-11(2)15-10-6-9-14(17)16-12(3)13-7-4-5-8-13/h11-13,15H,4-10H2,1-3H3,(H,16,17). The molecule has 1 rings (SSSR count). The molecule has 1 atom stereocenters. The molecule has 1 fully saturated rings. The number of carbonyl (C=O) groups excluding carboxylic acids is 1. The molecular formula is C14H28N2O. The van der Waals surface area contributed by atoms with Crippen LogP contribution in [0.2, 0.25) is 0 Å². The predicted molar refractivity (Wildman–Crippen MR) is 71.9 cm³/mol. The molecule has 3 nitrogen and oxygen atoms in total. The van der Waals surface area contributed by atoms with E-state index < -0.39 is 0 Å². The first-order valence-electron chi connectivity index (χ1n) is 7.12. The van der Waals surface area contributed by atoms with Crippen LogP contribution in [0, 0.1) is 5.92 Å². The van der Waals surface area contributed by atoms with Gasteiger partial charge in [-0.25, -0.2) is 0 Å². The second-order valence-corrected chi connectivity index (χ2v) is 5.61. The van der Waals surface area contributed by atoms with Crippen LogP contribution in [0.3, 0.4) is 0 Å². The van der Waals surface area contributed by atoms with Crippen molar-refractivity contribution >= 4 is 5.91 Å². The molecule has 0 aliphatic heterocycles. The SMILES string of the molecule is CC(C)NCCCC(=O)NC(C)C1CCCC1. The first kappa shape index (κ1) is 14.5. The lowest BCUT2D eigenvalue weighted by molar-refractivity contribution is -0.122. The van der Waals surface area contributed by atoms with Crippen molar-refractivity contribution in [2.45, 2.75) is 71.4 Å². The van der Waals surface area contributed by atoms with Gasteiger partial charge >= 0.3 is 0 Å². The summed E-state index contributed by atoms with van der Waals surface area (Å²) in [5.74, 6) is 0.933. The van der Waals surface area contributed by atoms with Crippen LogP contribution in [0.5, 0.6) is 0 Å². The smallest absolute Gasteiger partial charge is 0.220 e. The Morgan fingerprint density at radius 3 is 2.47 bits per heavy atom. The third kappa shape index (κ3) is 6.06. The highest BCUT2D eigenvalue weighted by atomic mass is 16.1. The molecule has 3 heteroatoms. The maximum Gasteiger partial charge on any atom is 0.220 e. The average molecular weight is 240 g/mol. The topological polar surface area (TPSA) is 41.1 Å². The fraction of sp³-hybridized carbons (Fsp3) is 0.929. The maximum atomic E-state index is 11.7. The lowest BCUT2D eigenvalue weighted by Gasteiger charge is -2.20. The maximum absolute atomic E-state index is 11.7. The summed E-state index contributed by atoms with van der Waals surface area (Å²) >= 11 is 0. The van der Waals surface area contributed by atoms with Gasteiger partial charge in [-0.15, -0.1) is 0 Å². The van der Waals surface area contributed by atoms with Crippen LogP contribution in [0.25, 0.3) is 0 Å². The van der Waals surface area contributed by atoms with E-state index >= 15 is 0 Å². The van der Waals surface area contributed by atoms with Crippen molar-refractivity contribution in [2.75, 3.05) is 6.54 Å². The monoisotopic (exact) mass is 240 g/mol. The third-order valence-electron chi connectivity index (χ3n) is 3.63. The summed E-state index contributed by atoms with van der Waals surface area (Å²) in [5, 5.41) is 6.47. The highest BCUT2D eigenvalue weighted by Crippen LogP contribution is 2.27. The second-order valence-electron chi connectivity index (χ2n) is 5.61. The first-order chi connectivity index (χ1) is 8.09. The Morgan fingerprint density at radius 1 is 1.24 bits per heavy atom. The van der Waals surface area contributed by atoms with Crippen LogP contribution >= 0.6 is 0 Å². The quantitative estimate of drug-likeness (QED) is 0.671. The lowest BCUT2D eigenvalue weighted by Crippen LogP contribution is -2.37. The minimum atomic E-state index is 0.218. The van der Waals surface area contributed by atoms with Gasteiger partial charge in [-0.2, -0.15) is 0 Å². The summed E-state index contributed by atoms with van der Waals surface area (Å²) in [6, 6.07) is 0.874. The Kier molecular flexibility index (Phi) is 6.56. The van der Waals surface area contributed by atoms with E-state index in [2.05, 4.69) is 31.4 Å². The van der Waals surface area contributed by atoms with Gasteiger partial charge in [-0.05, 0) is 38.6 Å². The van der Waals surface area contributed by atoms with Gasteiger partial charge in [0, 0.05) is 18.5 Å². The number of hydrogen-bond donors (Lipinski definition) is 2. The molecule has 17 heavy (non-hydrogen) atoms. The molecule has 0 aromatic heterocycles. The second kappa shape index (κ2) is 7.70. The van der Waals surface area contributed by atoms with E-state index in [1.807, 2.05) is 0 Å². The van der Waals surface area contributed by atoms with Gasteiger partial charge in [-0.1, -0.05) is 26.7 Å². The summed E-state index contributed by atoms with van der Waals surface area (Å²) < 4.78 is 0. The Bertz CT molecular complexity index is 222. The highest BCUT2D eigenvalue weighted by molar-refractivity contribution is 5.76. The number of nitrogens with one attached hydrogen (secondary N) is 2. The molecule has 1 amide bonds. The predicted octanol–water partition coefficient (Wildman–Crippen LogP) is 2.46. The van der Waals surface area contributed by atoms with Crippen LogP contribution in [-0.4, -0.2) is 24.5 Å². The normalized spacial score (nSPS) is 18.6. The summed E-state index contributed by atoms with van der Waals surface area (Å²) in [4.78, 5) is 11.7. The van der Waals surface area contributed by atoms with E-state index in [0.29, 0.717) is 24.4 Å². The minimum absolute atomic E-state index is 0.218. The molecule has 2 N–H and O–H groups in total. The van der Waals surface area contributed by atoms with Crippen LogP contribution < -0.4 is 10.6 Å². The summed E-state index contributed by atoms with van der Waals surface area (Å²) in [7, 11) is 0. The van der Waals surface area contributed by atoms with Crippen molar-refractivity contribution < 1.29 is 4.79 Å². The molecule has 0 aromatic carbocycles. The van der Waals surface area contributed by atoms with E-state index in [-0.39, 0.29) is 5.91 Å². The van der Waals surface area contributed by atoms with E-state index in [0.717, 1.165) is 13.0 Å². The van der Waals surface area contributed by atoms with Gasteiger partial charge in [0.05, 0.1) is 0 Å². The fourth-order valence-corrected chi connectivity index (χ4v) is 2.54. The summed E-state index contributed by atoms with van der Waals surface area (Å²) in [6.07, 6.45) is 6.83. The Hall–Kier alpha value is -0.570. The molecule has 0 bridgehead atoms. The van der Waals surface area contributed by atoms with Crippen molar-refractivity contribution in [3.63, 3.8) is 0 Å². The molecule has 100 valence electrons. The van der Waals surface area contributed by atoms with Gasteiger partial charge in [0.15, 0.2) is 0 Å². The fourth-order valence-electron chi connectivity index (χ4n) is 2.54. The number of rotatable bonds is 7. The highest BCUT2D eigenvalue weighted by Gasteiger charge is 2.22. The number of hydrogen-bond acceptors (Lipinski definition) is 2. The Morgan fingerprint density at radius 2 is 1.88 bits per heavy atom. The van der Waals surface area contributed by atoms with Gasteiger partial charge in [-0.3, -0.25) is 4.79 Å². The van der Waals surface area contributed by atoms with Crippen LogP contribution in [0.4, 0.5) is 0 Å². The molecule has 0 aromatic rings. The molecule has 1 saturated carbocycles. The van der Waals surface area contributed by atoms with Gasteiger partial charge < -0.3 is 10.6 Å². The van der Waals surface area contributed by atoms with Gasteiger partial charge in [0.1, 0.15) is 0 Å². The van der Waals surface area contributed by atoms with E-state index in [1.165, 1.54) is 25.7 Å². The minimum Gasteiger partial charge on any atom is -0.353 e. The van der Waals surface area contributed by atoms with E-state index in [4.69, 9.17) is 0 Å². The van der Waals surface area contributed by atoms with Crippen molar-refractivity contribution in [1.82, 2.24) is 10.6 Å². The Labute approximate surface area is 106 Å². The van der Waals surface area contributed by atoms with Crippen molar-refractivity contribution in [3.05, 3.63) is 0 Å². The third-order valence-corrected chi connectivity index (χ3v) is 3.63. The zero-order valence-corrected chi connectivity index (χ0v) is 11.6. The molecular weight excluding hydrogens is 212 g/mol. The lowest BCUT2D eigenvalue weighted by atomic mass is 10.00. The summed E-state index contributed by atoms with van der Waals surface area (Å²) in [6.45, 7) is 7.34. The van der Waals surface area contributed by atoms with Crippen molar-refractivity contribution in [3.8, 4) is 0 Å². The van der Waals surface area contributed by atoms with E-state index in [1.54, 1.807) is 0 Å². The van der Waals surface area contributed by atoms with E-state index in [9.17, 15) is 4.79 Å². The molecule has 1 aliphatic carbocycles. The molecule has 0 spiro atoms. The zero-order valence-electron chi connectivity index (χ0n) is 11.6. The van der Waals surface area contributed by atoms with Gasteiger partial charge in [0.2, 0.25) is 5.91 Å². The zero-order chi connectivity index (χ0) is 12.7. The molecule has 1 aliphatic rings. The molecule has 0 radical (unpaired) electrons. The van der Waals surface area contributed by atoms with Crippen LogP contribution in [0.1, 0.15) is 59.3 Å². The van der Waals surface area contributed by atoms with Crippen LogP contribution in [0.15, 0.2) is 0 Å². The largest absolute Gasteiger partial charge is 0.353 e. The number of carbonyl (C=O) groups is 1. The number of amides is 1. The molecule has 1 unspecified atom stereocenters.